The number of hydrogen-bond acceptors (Lipinski definition) is 7. The zero-order valence-electron chi connectivity index (χ0n) is 24.1. The molecule has 1 saturated heterocycles. The summed E-state index contributed by atoms with van der Waals surface area (Å²) in [4.78, 5) is 57.9. The van der Waals surface area contributed by atoms with E-state index in [0.29, 0.717) is 25.1 Å². The molecule has 0 radical (unpaired) electrons. The molecule has 1 aromatic heterocycles. The number of benzene rings is 1. The van der Waals surface area contributed by atoms with Crippen molar-refractivity contribution in [2.45, 2.75) is 84.0 Å². The number of carbonyl (C=O) groups is 4. The van der Waals surface area contributed by atoms with Crippen LogP contribution in [-0.4, -0.2) is 58.4 Å². The molecule has 1 aliphatic carbocycles. The van der Waals surface area contributed by atoms with Crippen LogP contribution in [0.2, 0.25) is 0 Å². The highest BCUT2D eigenvalue weighted by Gasteiger charge is 2.40. The SMILES string of the molecule is C[C@@H]1NC(=O)[C@H](C2CCC2)OC(=O)C(C)(C)C=Cc2ccc3ccc(nc3c2)[C@@H](C)NC(=O)[C@@H]2CCCN(N2)C1=O. The van der Waals surface area contributed by atoms with Crippen molar-refractivity contribution in [3.63, 3.8) is 0 Å². The number of nitrogens with one attached hydrogen (secondary N) is 3. The monoisotopic (exact) mass is 561 g/mol. The fourth-order valence-electron chi connectivity index (χ4n) is 5.35. The zero-order valence-corrected chi connectivity index (χ0v) is 24.1. The molecule has 5 rings (SSSR count). The molecular formula is C31H39N5O5. The predicted octanol–water partition coefficient (Wildman–Crippen LogP) is 3.18. The third-order valence-electron chi connectivity index (χ3n) is 8.33. The number of pyridine rings is 1. The highest BCUT2D eigenvalue weighted by Crippen LogP contribution is 2.33. The lowest BCUT2D eigenvalue weighted by Crippen LogP contribution is -2.61. The number of aromatic nitrogens is 1. The van der Waals surface area contributed by atoms with Gasteiger partial charge in [0.2, 0.25) is 5.91 Å². The second-order valence-electron chi connectivity index (χ2n) is 12.0. The summed E-state index contributed by atoms with van der Waals surface area (Å²) in [7, 11) is 0. The molecule has 218 valence electrons. The van der Waals surface area contributed by atoms with Gasteiger partial charge in [-0.05, 0) is 71.1 Å². The molecule has 41 heavy (non-hydrogen) atoms. The number of nitrogens with zero attached hydrogens (tertiary/aromatic N) is 2. The Labute approximate surface area is 240 Å². The summed E-state index contributed by atoms with van der Waals surface area (Å²) in [5.41, 5.74) is 4.38. The van der Waals surface area contributed by atoms with Crippen molar-refractivity contribution in [2.24, 2.45) is 11.3 Å². The molecule has 5 bridgehead atoms. The Hall–Kier alpha value is -3.79. The minimum Gasteiger partial charge on any atom is -0.451 e. The Morgan fingerprint density at radius 3 is 2.39 bits per heavy atom. The lowest BCUT2D eigenvalue weighted by Gasteiger charge is -2.36. The van der Waals surface area contributed by atoms with Gasteiger partial charge in [0.1, 0.15) is 12.1 Å². The highest BCUT2D eigenvalue weighted by atomic mass is 16.5. The molecule has 0 unspecified atom stereocenters. The maximum atomic E-state index is 13.3. The lowest BCUT2D eigenvalue weighted by molar-refractivity contribution is -0.168. The number of hydrogen-bond donors (Lipinski definition) is 3. The van der Waals surface area contributed by atoms with Crippen LogP contribution in [0.25, 0.3) is 17.0 Å². The van der Waals surface area contributed by atoms with E-state index in [1.54, 1.807) is 26.8 Å². The van der Waals surface area contributed by atoms with Crippen molar-refractivity contribution < 1.29 is 23.9 Å². The number of hydrazine groups is 1. The van der Waals surface area contributed by atoms with Gasteiger partial charge in [-0.25, -0.2) is 5.43 Å². The van der Waals surface area contributed by atoms with Gasteiger partial charge in [-0.15, -0.1) is 0 Å². The summed E-state index contributed by atoms with van der Waals surface area (Å²) in [5, 5.41) is 8.14. The fraction of sp³-hybridized carbons (Fsp3) is 0.516. The van der Waals surface area contributed by atoms with Crippen molar-refractivity contribution in [2.75, 3.05) is 6.54 Å². The van der Waals surface area contributed by atoms with Crippen molar-refractivity contribution in [3.8, 4) is 0 Å². The first-order chi connectivity index (χ1) is 19.5. The number of fused-ring (bicyclic) bond motifs is 4. The van der Waals surface area contributed by atoms with Gasteiger partial charge >= 0.3 is 5.97 Å². The topological polar surface area (TPSA) is 130 Å². The quantitative estimate of drug-likeness (QED) is 0.456. The van der Waals surface area contributed by atoms with Crippen LogP contribution in [0.4, 0.5) is 0 Å². The first-order valence-corrected chi connectivity index (χ1v) is 14.5. The number of amides is 3. The molecule has 3 N–H and O–H groups in total. The third kappa shape index (κ3) is 6.27. The first-order valence-electron chi connectivity index (χ1n) is 14.5. The van der Waals surface area contributed by atoms with Gasteiger partial charge in [-0.3, -0.25) is 29.2 Å². The summed E-state index contributed by atoms with van der Waals surface area (Å²) in [5.74, 6) is -1.67. The van der Waals surface area contributed by atoms with Crippen molar-refractivity contribution >= 4 is 40.7 Å². The third-order valence-corrected chi connectivity index (χ3v) is 8.33. The number of rotatable bonds is 1. The average molecular weight is 562 g/mol. The van der Waals surface area contributed by atoms with Crippen molar-refractivity contribution in [3.05, 3.63) is 47.7 Å². The number of carbonyl (C=O) groups excluding carboxylic acids is 4. The van der Waals surface area contributed by atoms with E-state index in [2.05, 4.69) is 16.1 Å². The van der Waals surface area contributed by atoms with Crippen LogP contribution < -0.4 is 16.1 Å². The molecule has 3 amide bonds. The van der Waals surface area contributed by atoms with E-state index in [1.807, 2.05) is 43.3 Å². The van der Waals surface area contributed by atoms with Crippen LogP contribution in [0, 0.1) is 11.3 Å². The molecule has 3 heterocycles. The largest absolute Gasteiger partial charge is 0.451 e. The van der Waals surface area contributed by atoms with E-state index in [4.69, 9.17) is 9.72 Å². The molecule has 2 aliphatic heterocycles. The van der Waals surface area contributed by atoms with Crippen LogP contribution in [-0.2, 0) is 23.9 Å². The van der Waals surface area contributed by atoms with Crippen LogP contribution >= 0.6 is 0 Å². The smallest absolute Gasteiger partial charge is 0.316 e. The number of cyclic esters (lactones) is 1. The van der Waals surface area contributed by atoms with Gasteiger partial charge in [-0.1, -0.05) is 36.8 Å². The summed E-state index contributed by atoms with van der Waals surface area (Å²) in [6.45, 7) is 7.40. The standard InChI is InChI=1S/C31H39N5O5/c1-18-23-13-12-21-11-10-20(17-25(21)34-23)14-15-31(3,4)30(40)41-26(22-7-5-8-22)28(38)33-19(2)29(39)36-16-6-9-24(35-36)27(37)32-18/h10-15,17-19,22,24,26,35H,5-9,16H2,1-4H3,(H,32,37)(H,33,38)/t18-,19+,24+,26+/m1/s1. The minimum absolute atomic E-state index is 0.0911. The Kier molecular flexibility index (Phi) is 8.13. The summed E-state index contributed by atoms with van der Waals surface area (Å²) in [6, 6.07) is 7.88. The first kappa shape index (κ1) is 28.7. The zero-order chi connectivity index (χ0) is 29.3. The van der Waals surface area contributed by atoms with E-state index >= 15 is 0 Å². The maximum absolute atomic E-state index is 13.3. The molecule has 2 aromatic rings. The van der Waals surface area contributed by atoms with Gasteiger partial charge in [0.25, 0.3) is 11.8 Å². The van der Waals surface area contributed by atoms with Crippen LogP contribution in [0.1, 0.15) is 77.1 Å². The summed E-state index contributed by atoms with van der Waals surface area (Å²) < 4.78 is 5.84. The average Bonchev–Trinajstić information content (AvgIpc) is 2.93. The highest BCUT2D eigenvalue weighted by molar-refractivity contribution is 5.91. The van der Waals surface area contributed by atoms with E-state index in [9.17, 15) is 19.2 Å². The molecule has 10 heteroatoms. The van der Waals surface area contributed by atoms with E-state index in [0.717, 1.165) is 35.7 Å². The van der Waals surface area contributed by atoms with Crippen LogP contribution in [0.5, 0.6) is 0 Å². The Morgan fingerprint density at radius 1 is 0.927 bits per heavy atom. The molecule has 3 aliphatic rings. The molecule has 1 saturated carbocycles. The molecule has 4 atom stereocenters. The molecule has 2 fully saturated rings. The Bertz CT molecular complexity index is 1380. The van der Waals surface area contributed by atoms with Gasteiger partial charge in [0, 0.05) is 17.8 Å². The normalized spacial score (nSPS) is 28.0. The van der Waals surface area contributed by atoms with E-state index in [-0.39, 0.29) is 23.8 Å². The van der Waals surface area contributed by atoms with E-state index in [1.165, 1.54) is 5.01 Å². The Balaban J connectivity index is 1.48. The molecule has 10 nitrogen and oxygen atoms in total. The fourth-order valence-corrected chi connectivity index (χ4v) is 5.35. The summed E-state index contributed by atoms with van der Waals surface area (Å²) >= 11 is 0. The van der Waals surface area contributed by atoms with Crippen LogP contribution in [0.15, 0.2) is 36.4 Å². The number of ether oxygens (including phenoxy) is 1. The molecule has 0 spiro atoms. The summed E-state index contributed by atoms with van der Waals surface area (Å²) in [6.07, 6.45) is 6.35. The second-order valence-corrected chi connectivity index (χ2v) is 12.0. The van der Waals surface area contributed by atoms with Gasteiger partial charge in [0.15, 0.2) is 6.10 Å². The Morgan fingerprint density at radius 2 is 1.66 bits per heavy atom. The molecular weight excluding hydrogens is 522 g/mol. The van der Waals surface area contributed by atoms with Gasteiger partial charge < -0.3 is 15.4 Å². The van der Waals surface area contributed by atoms with E-state index < -0.39 is 35.5 Å². The van der Waals surface area contributed by atoms with Gasteiger partial charge in [-0.2, -0.15) is 0 Å². The maximum Gasteiger partial charge on any atom is 0.316 e. The van der Waals surface area contributed by atoms with Crippen LogP contribution in [0.3, 0.4) is 0 Å². The molecule has 1 aromatic carbocycles. The van der Waals surface area contributed by atoms with Gasteiger partial charge in [0.05, 0.1) is 22.7 Å². The number of esters is 1. The van der Waals surface area contributed by atoms with Crippen molar-refractivity contribution in [1.29, 1.82) is 0 Å². The predicted molar refractivity (Wildman–Crippen MR) is 154 cm³/mol. The van der Waals surface area contributed by atoms with Crippen molar-refractivity contribution in [1.82, 2.24) is 26.1 Å². The minimum atomic E-state index is -1.00. The second kappa shape index (κ2) is 11.6. The lowest BCUT2D eigenvalue weighted by atomic mass is 9.80.